The third-order valence-corrected chi connectivity index (χ3v) is 3.29. The van der Waals surface area contributed by atoms with E-state index in [4.69, 9.17) is 4.74 Å². The molecule has 0 aromatic carbocycles. The first-order valence-corrected chi connectivity index (χ1v) is 7.91. The summed E-state index contributed by atoms with van der Waals surface area (Å²) < 4.78 is 5.87. The van der Waals surface area contributed by atoms with Gasteiger partial charge in [-0.05, 0) is 30.4 Å². The Hall–Kier alpha value is -1.09. The Morgan fingerprint density at radius 2 is 1.95 bits per heavy atom. The van der Waals surface area contributed by atoms with Gasteiger partial charge in [-0.15, -0.1) is 0 Å². The lowest BCUT2D eigenvalue weighted by atomic mass is 10.1. The van der Waals surface area contributed by atoms with Crippen LogP contribution in [-0.4, -0.2) is 17.6 Å². The molecule has 0 radical (unpaired) electrons. The Balaban J connectivity index is 2.66. The molecule has 20 heavy (non-hydrogen) atoms. The maximum Gasteiger partial charge on any atom is 0.213 e. The van der Waals surface area contributed by atoms with Gasteiger partial charge in [-0.2, -0.15) is 0 Å². The van der Waals surface area contributed by atoms with E-state index in [0.29, 0.717) is 12.0 Å². The summed E-state index contributed by atoms with van der Waals surface area (Å²) in [5.41, 5.74) is 2.36. The maximum absolute atomic E-state index is 5.87. The van der Waals surface area contributed by atoms with E-state index in [1.54, 1.807) is 0 Å². The summed E-state index contributed by atoms with van der Waals surface area (Å²) in [6.45, 7) is 12.5. The highest BCUT2D eigenvalue weighted by molar-refractivity contribution is 5.25. The van der Waals surface area contributed by atoms with Gasteiger partial charge in [0, 0.05) is 24.3 Å². The lowest BCUT2D eigenvalue weighted by Gasteiger charge is -2.14. The van der Waals surface area contributed by atoms with Crippen molar-refractivity contribution in [2.24, 2.45) is 5.92 Å². The van der Waals surface area contributed by atoms with Crippen LogP contribution < -0.4 is 10.1 Å². The Morgan fingerprint density at radius 1 is 1.20 bits per heavy atom. The smallest absolute Gasteiger partial charge is 0.213 e. The second-order valence-corrected chi connectivity index (χ2v) is 5.90. The third-order valence-electron chi connectivity index (χ3n) is 3.29. The average molecular weight is 278 g/mol. The van der Waals surface area contributed by atoms with Crippen LogP contribution >= 0.6 is 0 Å². The van der Waals surface area contributed by atoms with Crippen molar-refractivity contribution < 1.29 is 4.74 Å². The van der Waals surface area contributed by atoms with Crippen molar-refractivity contribution in [1.29, 1.82) is 0 Å². The molecule has 1 N–H and O–H groups in total. The van der Waals surface area contributed by atoms with Gasteiger partial charge in [0.2, 0.25) is 5.88 Å². The topological polar surface area (TPSA) is 34.1 Å². The van der Waals surface area contributed by atoms with Crippen LogP contribution in [0.2, 0.25) is 0 Å². The summed E-state index contributed by atoms with van der Waals surface area (Å²) in [5, 5.41) is 3.44. The van der Waals surface area contributed by atoms with E-state index in [9.17, 15) is 0 Å². The van der Waals surface area contributed by atoms with Crippen molar-refractivity contribution in [2.45, 2.75) is 66.5 Å². The Bertz CT molecular complexity index is 391. The number of pyridine rings is 1. The standard InChI is InChI=1S/C17H30N2O/c1-6-8-14(5)12-20-17-10-15(11-18-13(3)4)9-16(7-2)19-17/h9-10,13-14,18H,6-8,11-12H2,1-5H3. The van der Waals surface area contributed by atoms with E-state index >= 15 is 0 Å². The Morgan fingerprint density at radius 3 is 2.55 bits per heavy atom. The molecule has 0 saturated carbocycles. The molecule has 1 rings (SSSR count). The lowest BCUT2D eigenvalue weighted by Crippen LogP contribution is -2.22. The van der Waals surface area contributed by atoms with Crippen molar-refractivity contribution >= 4 is 0 Å². The van der Waals surface area contributed by atoms with Crippen LogP contribution in [0.25, 0.3) is 0 Å². The van der Waals surface area contributed by atoms with Gasteiger partial charge in [0.05, 0.1) is 6.61 Å². The third kappa shape index (κ3) is 6.38. The molecule has 1 heterocycles. The van der Waals surface area contributed by atoms with Gasteiger partial charge in [-0.1, -0.05) is 41.0 Å². The molecule has 0 bridgehead atoms. The molecular weight excluding hydrogens is 248 g/mol. The molecule has 114 valence electrons. The normalized spacial score (nSPS) is 12.7. The van der Waals surface area contributed by atoms with Crippen LogP contribution in [0.15, 0.2) is 12.1 Å². The highest BCUT2D eigenvalue weighted by atomic mass is 16.5. The summed E-state index contributed by atoms with van der Waals surface area (Å²) in [5.74, 6) is 1.36. The molecule has 1 unspecified atom stereocenters. The summed E-state index contributed by atoms with van der Waals surface area (Å²) >= 11 is 0. The van der Waals surface area contributed by atoms with Gasteiger partial charge >= 0.3 is 0 Å². The van der Waals surface area contributed by atoms with Gasteiger partial charge < -0.3 is 10.1 Å². The van der Waals surface area contributed by atoms with E-state index in [1.165, 1.54) is 18.4 Å². The zero-order valence-electron chi connectivity index (χ0n) is 13.7. The van der Waals surface area contributed by atoms with Gasteiger partial charge in [-0.25, -0.2) is 4.98 Å². The number of rotatable bonds is 9. The summed E-state index contributed by atoms with van der Waals surface area (Å²) in [4.78, 5) is 4.56. The Labute approximate surface area is 124 Å². The van der Waals surface area contributed by atoms with Gasteiger partial charge in [-0.3, -0.25) is 0 Å². The van der Waals surface area contributed by atoms with Crippen molar-refractivity contribution in [3.05, 3.63) is 23.4 Å². The SMILES string of the molecule is CCCC(C)COc1cc(CNC(C)C)cc(CC)n1. The number of hydrogen-bond donors (Lipinski definition) is 1. The largest absolute Gasteiger partial charge is 0.477 e. The molecule has 1 aromatic rings. The first kappa shape index (κ1) is 17.0. The van der Waals surface area contributed by atoms with E-state index < -0.39 is 0 Å². The number of nitrogens with one attached hydrogen (secondary N) is 1. The molecule has 3 nitrogen and oxygen atoms in total. The number of ether oxygens (including phenoxy) is 1. The molecular formula is C17H30N2O. The highest BCUT2D eigenvalue weighted by Gasteiger charge is 2.06. The van der Waals surface area contributed by atoms with Gasteiger partial charge in [0.1, 0.15) is 0 Å². The van der Waals surface area contributed by atoms with Crippen LogP contribution in [0, 0.1) is 5.92 Å². The lowest BCUT2D eigenvalue weighted by molar-refractivity contribution is 0.242. The predicted octanol–water partition coefficient (Wildman–Crippen LogP) is 3.96. The van der Waals surface area contributed by atoms with Gasteiger partial charge in [0.25, 0.3) is 0 Å². The van der Waals surface area contributed by atoms with E-state index in [1.807, 2.05) is 0 Å². The predicted molar refractivity (Wildman–Crippen MR) is 85.2 cm³/mol. The molecule has 1 atom stereocenters. The molecule has 0 aliphatic carbocycles. The van der Waals surface area contributed by atoms with Crippen molar-refractivity contribution in [1.82, 2.24) is 10.3 Å². The first-order chi connectivity index (χ1) is 9.55. The zero-order chi connectivity index (χ0) is 15.0. The quantitative estimate of drug-likeness (QED) is 0.742. The number of nitrogens with zero attached hydrogens (tertiary/aromatic N) is 1. The van der Waals surface area contributed by atoms with Crippen LogP contribution in [0.1, 0.15) is 58.7 Å². The summed E-state index contributed by atoms with van der Waals surface area (Å²) in [7, 11) is 0. The van der Waals surface area contributed by atoms with Gasteiger partial charge in [0.15, 0.2) is 0 Å². The second kappa shape index (κ2) is 8.96. The summed E-state index contributed by atoms with van der Waals surface area (Å²) in [6.07, 6.45) is 3.35. The fourth-order valence-electron chi connectivity index (χ4n) is 2.10. The minimum absolute atomic E-state index is 0.488. The molecule has 0 aliphatic rings. The molecule has 1 aromatic heterocycles. The number of aromatic nitrogens is 1. The monoisotopic (exact) mass is 278 g/mol. The van der Waals surface area contributed by atoms with Crippen LogP contribution in [0.5, 0.6) is 5.88 Å². The average Bonchev–Trinajstić information content (AvgIpc) is 2.43. The first-order valence-electron chi connectivity index (χ1n) is 7.91. The molecule has 0 amide bonds. The van der Waals surface area contributed by atoms with E-state index in [-0.39, 0.29) is 0 Å². The van der Waals surface area contributed by atoms with Crippen LogP contribution in [0.4, 0.5) is 0 Å². The van der Waals surface area contributed by atoms with Crippen molar-refractivity contribution in [3.8, 4) is 5.88 Å². The van der Waals surface area contributed by atoms with E-state index in [0.717, 1.165) is 31.1 Å². The fourth-order valence-corrected chi connectivity index (χ4v) is 2.10. The molecule has 0 spiro atoms. The van der Waals surface area contributed by atoms with Crippen molar-refractivity contribution in [2.75, 3.05) is 6.61 Å². The minimum Gasteiger partial charge on any atom is -0.477 e. The second-order valence-electron chi connectivity index (χ2n) is 5.90. The van der Waals surface area contributed by atoms with Crippen LogP contribution in [-0.2, 0) is 13.0 Å². The molecule has 3 heteroatoms. The fraction of sp³-hybridized carbons (Fsp3) is 0.706. The van der Waals surface area contributed by atoms with Crippen molar-refractivity contribution in [3.63, 3.8) is 0 Å². The van der Waals surface area contributed by atoms with Crippen LogP contribution in [0.3, 0.4) is 0 Å². The number of hydrogen-bond acceptors (Lipinski definition) is 3. The maximum atomic E-state index is 5.87. The molecule has 0 saturated heterocycles. The Kier molecular flexibility index (Phi) is 7.60. The number of aryl methyl sites for hydroxylation is 1. The zero-order valence-corrected chi connectivity index (χ0v) is 13.7. The molecule has 0 aliphatic heterocycles. The summed E-state index contributed by atoms with van der Waals surface area (Å²) in [6, 6.07) is 4.72. The van der Waals surface area contributed by atoms with E-state index in [2.05, 4.69) is 57.1 Å². The minimum atomic E-state index is 0.488. The highest BCUT2D eigenvalue weighted by Crippen LogP contribution is 2.15. The molecule has 0 fully saturated rings.